The molecule has 2 aromatic rings. The zero-order valence-corrected chi connectivity index (χ0v) is 17.6. The molecule has 2 atom stereocenters. The molecule has 0 aliphatic carbocycles. The van der Waals surface area contributed by atoms with E-state index in [2.05, 4.69) is 10.3 Å². The van der Waals surface area contributed by atoms with Gasteiger partial charge in [-0.25, -0.2) is 0 Å². The summed E-state index contributed by atoms with van der Waals surface area (Å²) >= 11 is 0. The molecule has 2 unspecified atom stereocenters. The highest BCUT2D eigenvalue weighted by Gasteiger charge is 2.53. The van der Waals surface area contributed by atoms with Crippen LogP contribution in [0.1, 0.15) is 36.7 Å². The van der Waals surface area contributed by atoms with E-state index in [1.165, 1.54) is 18.3 Å². The Labute approximate surface area is 173 Å². The maximum Gasteiger partial charge on any atom is 0.421 e. The van der Waals surface area contributed by atoms with E-state index in [9.17, 15) is 18.0 Å². The molecule has 0 saturated carbocycles. The second kappa shape index (κ2) is 8.87. The molecular weight excluding hydrogens is 395 g/mol. The van der Waals surface area contributed by atoms with Crippen molar-refractivity contribution in [3.05, 3.63) is 59.3 Å². The van der Waals surface area contributed by atoms with Gasteiger partial charge < -0.3 is 15.8 Å². The summed E-state index contributed by atoms with van der Waals surface area (Å²) in [4.78, 5) is 16.7. The summed E-state index contributed by atoms with van der Waals surface area (Å²) in [6.45, 7) is 4.58. The van der Waals surface area contributed by atoms with Crippen molar-refractivity contribution in [2.75, 3.05) is 14.2 Å². The minimum atomic E-state index is -4.57. The van der Waals surface area contributed by atoms with Crippen LogP contribution in [-0.4, -0.2) is 38.0 Å². The number of nitrogens with zero attached hydrogens (tertiary/aromatic N) is 1. The minimum Gasteiger partial charge on any atom is -0.404 e. The molecule has 0 bridgehead atoms. The lowest BCUT2D eigenvalue weighted by molar-refractivity contribution is -0.269. The Morgan fingerprint density at radius 3 is 2.33 bits per heavy atom. The number of halogens is 3. The fourth-order valence-electron chi connectivity index (χ4n) is 3.15. The van der Waals surface area contributed by atoms with Crippen LogP contribution in [0.4, 0.5) is 13.2 Å². The van der Waals surface area contributed by atoms with Crippen LogP contribution in [0.25, 0.3) is 10.8 Å². The average molecular weight is 421 g/mol. The molecule has 162 valence electrons. The second-order valence-corrected chi connectivity index (χ2v) is 7.14. The molecule has 0 aliphatic rings. The maximum atomic E-state index is 13.5. The number of carbonyl (C=O) groups excluding carboxylic acids is 1. The third-order valence-corrected chi connectivity index (χ3v) is 5.35. The molecular formula is C22H26F3N3O2. The molecule has 2 rings (SSSR count). The third kappa shape index (κ3) is 4.48. The van der Waals surface area contributed by atoms with Gasteiger partial charge in [-0.2, -0.15) is 13.2 Å². The number of fused-ring (bicyclic) bond motifs is 1. The topological polar surface area (TPSA) is 76.7 Å². The molecule has 0 spiro atoms. The van der Waals surface area contributed by atoms with E-state index >= 15 is 0 Å². The Hall–Kier alpha value is -2.87. The van der Waals surface area contributed by atoms with Crippen molar-refractivity contribution >= 4 is 22.4 Å². The molecule has 5 nitrogen and oxygen atoms in total. The molecule has 0 fully saturated rings. The molecule has 0 radical (unpaired) electrons. The first-order valence-corrected chi connectivity index (χ1v) is 9.31. The Bertz CT molecular complexity index is 999. The molecule has 2 aromatic carbocycles. The number of rotatable bonds is 6. The summed E-state index contributed by atoms with van der Waals surface area (Å²) in [5, 5.41) is 4.06. The minimum absolute atomic E-state index is 0.0112. The highest BCUT2D eigenvalue weighted by Crippen LogP contribution is 2.42. The lowest BCUT2D eigenvalue weighted by Crippen LogP contribution is -2.41. The summed E-state index contributed by atoms with van der Waals surface area (Å²) in [5.74, 6) is -0.325. The van der Waals surface area contributed by atoms with Crippen molar-refractivity contribution in [1.82, 2.24) is 5.32 Å². The molecule has 1 amide bonds. The standard InChI is InChI=1S/C22H26F3N3O2/c1-13(27-4)19(12-26)14(2)28-20(29)17-7-6-16-11-18(9-8-15(16)10-17)21(3,30-5)22(23,24)25/h6-12,14H,26H2,1-5H3,(H,28,29). The van der Waals surface area contributed by atoms with Crippen LogP contribution in [0, 0.1) is 0 Å². The van der Waals surface area contributed by atoms with Gasteiger partial charge in [0, 0.05) is 37.2 Å². The number of methoxy groups -OCH3 is 1. The number of benzene rings is 2. The van der Waals surface area contributed by atoms with Crippen molar-refractivity contribution in [3.8, 4) is 0 Å². The average Bonchev–Trinajstić information content (AvgIpc) is 2.71. The molecule has 3 N–H and O–H groups in total. The van der Waals surface area contributed by atoms with Crippen molar-refractivity contribution in [2.45, 2.75) is 38.6 Å². The normalized spacial score (nSPS) is 16.3. The molecule has 0 saturated heterocycles. The smallest absolute Gasteiger partial charge is 0.404 e. The molecule has 0 heterocycles. The van der Waals surface area contributed by atoms with E-state index in [4.69, 9.17) is 10.5 Å². The van der Waals surface area contributed by atoms with Gasteiger partial charge in [0.05, 0.1) is 6.04 Å². The van der Waals surface area contributed by atoms with E-state index in [1.54, 1.807) is 45.2 Å². The van der Waals surface area contributed by atoms with Crippen LogP contribution in [0.15, 0.2) is 53.2 Å². The quantitative estimate of drug-likeness (QED) is 0.682. The first-order valence-electron chi connectivity index (χ1n) is 9.31. The Kier molecular flexibility index (Phi) is 6.92. The predicted octanol–water partition coefficient (Wildman–Crippen LogP) is 4.32. The van der Waals surface area contributed by atoms with Crippen molar-refractivity contribution in [1.29, 1.82) is 0 Å². The molecule has 0 aromatic heterocycles. The van der Waals surface area contributed by atoms with Gasteiger partial charge in [-0.05, 0) is 55.3 Å². The van der Waals surface area contributed by atoms with Crippen molar-refractivity contribution in [2.24, 2.45) is 10.7 Å². The Morgan fingerprint density at radius 2 is 1.80 bits per heavy atom. The van der Waals surface area contributed by atoms with Crippen LogP contribution in [0.5, 0.6) is 0 Å². The van der Waals surface area contributed by atoms with Gasteiger partial charge in [-0.3, -0.25) is 9.79 Å². The SMILES string of the molecule is CN=C(C)C(=CN)C(C)NC(=O)c1ccc2cc(C(C)(OC)C(F)(F)F)ccc2c1. The highest BCUT2D eigenvalue weighted by atomic mass is 19.4. The first-order chi connectivity index (χ1) is 14.0. The number of carbonyl (C=O) groups is 1. The molecule has 0 aliphatic heterocycles. The number of aliphatic imine (C=N–C) groups is 1. The first kappa shape index (κ1) is 23.4. The largest absolute Gasteiger partial charge is 0.421 e. The summed E-state index contributed by atoms with van der Waals surface area (Å²) in [6.07, 6.45) is -3.16. The zero-order chi connectivity index (χ0) is 22.7. The number of ether oxygens (including phenoxy) is 1. The number of amides is 1. The number of hydrogen-bond acceptors (Lipinski definition) is 4. The molecule has 8 heteroatoms. The van der Waals surface area contributed by atoms with E-state index in [0.29, 0.717) is 27.6 Å². The highest BCUT2D eigenvalue weighted by molar-refractivity contribution is 6.02. The van der Waals surface area contributed by atoms with Crippen LogP contribution in [0.3, 0.4) is 0 Å². The van der Waals surface area contributed by atoms with E-state index in [0.717, 1.165) is 14.0 Å². The zero-order valence-electron chi connectivity index (χ0n) is 17.6. The summed E-state index contributed by atoms with van der Waals surface area (Å²) in [5.41, 5.74) is 5.01. The van der Waals surface area contributed by atoms with Gasteiger partial charge >= 0.3 is 6.18 Å². The van der Waals surface area contributed by atoms with Gasteiger partial charge in [0.2, 0.25) is 0 Å². The fourth-order valence-corrected chi connectivity index (χ4v) is 3.15. The maximum absolute atomic E-state index is 13.5. The van der Waals surface area contributed by atoms with Gasteiger partial charge in [-0.1, -0.05) is 18.2 Å². The van der Waals surface area contributed by atoms with Crippen LogP contribution in [-0.2, 0) is 10.3 Å². The monoisotopic (exact) mass is 421 g/mol. The third-order valence-electron chi connectivity index (χ3n) is 5.35. The summed E-state index contributed by atoms with van der Waals surface area (Å²) in [7, 11) is 2.67. The fraction of sp³-hybridized carbons (Fsp3) is 0.364. The second-order valence-electron chi connectivity index (χ2n) is 7.14. The van der Waals surface area contributed by atoms with E-state index < -0.39 is 11.8 Å². The van der Waals surface area contributed by atoms with E-state index in [1.807, 2.05) is 0 Å². The van der Waals surface area contributed by atoms with Crippen LogP contribution >= 0.6 is 0 Å². The lowest BCUT2D eigenvalue weighted by Gasteiger charge is -2.31. The molecule has 30 heavy (non-hydrogen) atoms. The van der Waals surface area contributed by atoms with Crippen LogP contribution < -0.4 is 11.1 Å². The lowest BCUT2D eigenvalue weighted by atomic mass is 9.92. The number of nitrogens with one attached hydrogen (secondary N) is 1. The van der Waals surface area contributed by atoms with Gasteiger partial charge in [0.15, 0.2) is 5.60 Å². The van der Waals surface area contributed by atoms with Gasteiger partial charge in [0.1, 0.15) is 0 Å². The van der Waals surface area contributed by atoms with Gasteiger partial charge in [-0.15, -0.1) is 0 Å². The predicted molar refractivity (Wildman–Crippen MR) is 113 cm³/mol. The Morgan fingerprint density at radius 1 is 1.20 bits per heavy atom. The Balaban J connectivity index is 2.33. The number of nitrogens with two attached hydrogens (primary N) is 1. The van der Waals surface area contributed by atoms with Crippen LogP contribution in [0.2, 0.25) is 0 Å². The van der Waals surface area contributed by atoms with Gasteiger partial charge in [0.25, 0.3) is 5.91 Å². The van der Waals surface area contributed by atoms with Crippen molar-refractivity contribution in [3.63, 3.8) is 0 Å². The van der Waals surface area contributed by atoms with E-state index in [-0.39, 0.29) is 17.5 Å². The summed E-state index contributed by atoms with van der Waals surface area (Å²) in [6, 6.07) is 8.78. The number of hydrogen-bond donors (Lipinski definition) is 2. The van der Waals surface area contributed by atoms with Crippen molar-refractivity contribution < 1.29 is 22.7 Å². The number of alkyl halides is 3. The summed E-state index contributed by atoms with van der Waals surface area (Å²) < 4.78 is 45.2.